The Balaban J connectivity index is 2.06. The maximum absolute atomic E-state index is 12.6. The Morgan fingerprint density at radius 1 is 1.11 bits per heavy atom. The number of carbonyl (C=O) groups excluding carboxylic acids is 1. The van der Waals surface area contributed by atoms with Crippen LogP contribution in [0.2, 0.25) is 0 Å². The number of hydrogen-bond donors (Lipinski definition) is 1. The summed E-state index contributed by atoms with van der Waals surface area (Å²) in [7, 11) is 5.07. The summed E-state index contributed by atoms with van der Waals surface area (Å²) >= 11 is 0. The number of nitrogens with zero attached hydrogens (tertiary/aromatic N) is 2. The van der Waals surface area contributed by atoms with Crippen molar-refractivity contribution in [1.82, 2.24) is 0 Å². The molecule has 0 heterocycles. The zero-order valence-electron chi connectivity index (χ0n) is 15.6. The highest BCUT2D eigenvalue weighted by atomic mass is 19.4. The highest BCUT2D eigenvalue weighted by Crippen LogP contribution is 2.29. The van der Waals surface area contributed by atoms with E-state index in [0.717, 1.165) is 35.5 Å². The molecular formula is C19H20F3N3O3. The van der Waals surface area contributed by atoms with E-state index in [2.05, 4.69) is 10.5 Å². The van der Waals surface area contributed by atoms with Crippen molar-refractivity contribution < 1.29 is 27.5 Å². The van der Waals surface area contributed by atoms with Crippen molar-refractivity contribution in [1.29, 1.82) is 0 Å². The minimum atomic E-state index is -4.45. The molecule has 0 aliphatic rings. The third kappa shape index (κ3) is 5.90. The second kappa shape index (κ2) is 9.12. The van der Waals surface area contributed by atoms with Crippen LogP contribution in [0.5, 0.6) is 0 Å². The van der Waals surface area contributed by atoms with Gasteiger partial charge in [-0.3, -0.25) is 5.32 Å². The average Bonchev–Trinajstić information content (AvgIpc) is 2.61. The number of anilines is 2. The van der Waals surface area contributed by atoms with E-state index in [1.807, 2.05) is 43.3 Å². The fraction of sp³-hybridized carbons (Fsp3) is 0.263. The Bertz CT molecular complexity index is 834. The lowest BCUT2D eigenvalue weighted by Crippen LogP contribution is -2.21. The van der Waals surface area contributed by atoms with Gasteiger partial charge in [0.25, 0.3) is 0 Å². The van der Waals surface area contributed by atoms with Gasteiger partial charge in [0, 0.05) is 25.5 Å². The van der Waals surface area contributed by atoms with Crippen LogP contribution in [0.4, 0.5) is 29.3 Å². The highest BCUT2D eigenvalue weighted by Gasteiger charge is 2.30. The van der Waals surface area contributed by atoms with Gasteiger partial charge in [-0.2, -0.15) is 13.2 Å². The molecule has 1 N–H and O–H groups in total. The summed E-state index contributed by atoms with van der Waals surface area (Å²) in [5.74, 6) is 0.00112. The topological polar surface area (TPSA) is 63.2 Å². The predicted molar refractivity (Wildman–Crippen MR) is 100 cm³/mol. The molecule has 150 valence electrons. The Hall–Kier alpha value is -3.23. The van der Waals surface area contributed by atoms with Crippen molar-refractivity contribution in [2.45, 2.75) is 12.6 Å². The molecule has 2 aromatic rings. The van der Waals surface area contributed by atoms with Gasteiger partial charge in [0.2, 0.25) is 5.90 Å². The summed E-state index contributed by atoms with van der Waals surface area (Å²) < 4.78 is 42.9. The van der Waals surface area contributed by atoms with E-state index in [9.17, 15) is 18.0 Å². The van der Waals surface area contributed by atoms with Crippen molar-refractivity contribution in [3.8, 4) is 0 Å². The number of rotatable bonds is 5. The van der Waals surface area contributed by atoms with Gasteiger partial charge >= 0.3 is 12.3 Å². The molecule has 0 saturated heterocycles. The van der Waals surface area contributed by atoms with Gasteiger partial charge < -0.3 is 14.5 Å². The lowest BCUT2D eigenvalue weighted by molar-refractivity contribution is -0.137. The molecule has 0 aliphatic heterocycles. The smallest absolute Gasteiger partial charge is 0.396 e. The van der Waals surface area contributed by atoms with Crippen LogP contribution in [-0.2, 0) is 22.2 Å². The van der Waals surface area contributed by atoms with Crippen LogP contribution in [-0.4, -0.2) is 33.2 Å². The molecule has 1 amide bonds. The molecule has 0 radical (unpaired) electrons. The monoisotopic (exact) mass is 395 g/mol. The van der Waals surface area contributed by atoms with Crippen LogP contribution in [0.3, 0.4) is 0 Å². The maximum Gasteiger partial charge on any atom is 0.418 e. The summed E-state index contributed by atoms with van der Waals surface area (Å²) in [4.78, 5) is 18.7. The van der Waals surface area contributed by atoms with Crippen molar-refractivity contribution in [3.05, 3.63) is 59.7 Å². The standard InChI is InChI=1S/C19H20F3N3O3/c1-25(2)16-7-5-4-6-13(16)12-17(24-27-3)28-18(26)23-15-10-8-14(9-11-15)19(20,21)22/h4-11H,12H2,1-3H3,(H,23,26). The average molecular weight is 395 g/mol. The van der Waals surface area contributed by atoms with Crippen molar-refractivity contribution in [2.75, 3.05) is 31.4 Å². The second-order valence-electron chi connectivity index (χ2n) is 5.96. The molecule has 0 spiro atoms. The Kier molecular flexibility index (Phi) is 6.86. The molecule has 2 aromatic carbocycles. The van der Waals surface area contributed by atoms with Crippen LogP contribution in [0.1, 0.15) is 11.1 Å². The predicted octanol–water partition coefficient (Wildman–Crippen LogP) is 4.52. The molecule has 6 nitrogen and oxygen atoms in total. The molecule has 2 rings (SSSR count). The first kappa shape index (κ1) is 21.1. The number of halogens is 3. The second-order valence-corrected chi connectivity index (χ2v) is 5.96. The number of oxime groups is 1. The van der Waals surface area contributed by atoms with Gasteiger partial charge in [0.15, 0.2) is 0 Å². The minimum Gasteiger partial charge on any atom is -0.396 e. The fourth-order valence-corrected chi connectivity index (χ4v) is 2.44. The first-order chi connectivity index (χ1) is 13.2. The van der Waals surface area contributed by atoms with E-state index in [1.165, 1.54) is 7.11 Å². The lowest BCUT2D eigenvalue weighted by Gasteiger charge is -2.17. The van der Waals surface area contributed by atoms with E-state index in [1.54, 1.807) is 0 Å². The normalized spacial score (nSPS) is 11.7. The molecule has 0 fully saturated rings. The molecule has 9 heteroatoms. The quantitative estimate of drug-likeness (QED) is 0.459. The Morgan fingerprint density at radius 2 is 1.75 bits per heavy atom. The molecule has 0 bridgehead atoms. The molecule has 0 saturated carbocycles. The number of para-hydroxylation sites is 1. The molecule has 0 unspecified atom stereocenters. The van der Waals surface area contributed by atoms with Gasteiger partial charge in [0.1, 0.15) is 7.11 Å². The fourth-order valence-electron chi connectivity index (χ4n) is 2.44. The largest absolute Gasteiger partial charge is 0.418 e. The summed E-state index contributed by atoms with van der Waals surface area (Å²) in [5, 5.41) is 6.07. The van der Waals surface area contributed by atoms with Crippen LogP contribution in [0.25, 0.3) is 0 Å². The molecular weight excluding hydrogens is 375 g/mol. The summed E-state index contributed by atoms with van der Waals surface area (Å²) in [6, 6.07) is 11.5. The third-order valence-corrected chi connectivity index (χ3v) is 3.68. The van der Waals surface area contributed by atoms with E-state index in [0.29, 0.717) is 0 Å². The summed E-state index contributed by atoms with van der Waals surface area (Å²) in [6.45, 7) is 0. The van der Waals surface area contributed by atoms with Gasteiger partial charge in [-0.1, -0.05) is 23.4 Å². The summed E-state index contributed by atoms with van der Waals surface area (Å²) in [6.07, 6.45) is -5.15. The number of hydrogen-bond acceptors (Lipinski definition) is 5. The number of amides is 1. The minimum absolute atomic E-state index is 0.00112. The van der Waals surface area contributed by atoms with Gasteiger partial charge in [0.05, 0.1) is 12.0 Å². The van der Waals surface area contributed by atoms with Crippen LogP contribution >= 0.6 is 0 Å². The van der Waals surface area contributed by atoms with Gasteiger partial charge in [-0.15, -0.1) is 0 Å². The molecule has 28 heavy (non-hydrogen) atoms. The van der Waals surface area contributed by atoms with Gasteiger partial charge in [-0.05, 0) is 35.9 Å². The van der Waals surface area contributed by atoms with Crippen LogP contribution in [0.15, 0.2) is 53.7 Å². The number of nitrogens with one attached hydrogen (secondary N) is 1. The lowest BCUT2D eigenvalue weighted by atomic mass is 10.1. The Labute approximate surface area is 160 Å². The number of carbonyl (C=O) groups is 1. The highest BCUT2D eigenvalue weighted by molar-refractivity contribution is 5.95. The molecule has 0 aromatic heterocycles. The zero-order valence-corrected chi connectivity index (χ0v) is 15.6. The van der Waals surface area contributed by atoms with Crippen LogP contribution < -0.4 is 10.2 Å². The van der Waals surface area contributed by atoms with E-state index in [-0.39, 0.29) is 18.0 Å². The van der Waals surface area contributed by atoms with Crippen molar-refractivity contribution in [2.24, 2.45) is 5.16 Å². The number of benzene rings is 2. The third-order valence-electron chi connectivity index (χ3n) is 3.68. The van der Waals surface area contributed by atoms with E-state index >= 15 is 0 Å². The number of alkyl halides is 3. The first-order valence-electron chi connectivity index (χ1n) is 8.22. The SMILES string of the molecule is CON=C(Cc1ccccc1N(C)C)OC(=O)Nc1ccc(C(F)(F)F)cc1. The molecule has 0 atom stereocenters. The number of ether oxygens (including phenoxy) is 1. The van der Waals surface area contributed by atoms with Gasteiger partial charge in [-0.25, -0.2) is 4.79 Å². The zero-order chi connectivity index (χ0) is 20.7. The van der Waals surface area contributed by atoms with E-state index < -0.39 is 17.8 Å². The first-order valence-corrected chi connectivity index (χ1v) is 8.22. The summed E-state index contributed by atoms with van der Waals surface area (Å²) in [5.41, 5.74) is 1.11. The Morgan fingerprint density at radius 3 is 2.32 bits per heavy atom. The van der Waals surface area contributed by atoms with Crippen molar-refractivity contribution >= 4 is 23.4 Å². The molecule has 0 aliphatic carbocycles. The maximum atomic E-state index is 12.6. The van der Waals surface area contributed by atoms with E-state index in [4.69, 9.17) is 9.57 Å². The van der Waals surface area contributed by atoms with Crippen LogP contribution in [0, 0.1) is 0 Å². The van der Waals surface area contributed by atoms with Crippen molar-refractivity contribution in [3.63, 3.8) is 0 Å².